The summed E-state index contributed by atoms with van der Waals surface area (Å²) in [6.07, 6.45) is 2.49. The van der Waals surface area contributed by atoms with Crippen molar-refractivity contribution in [1.29, 1.82) is 0 Å². The van der Waals surface area contributed by atoms with Crippen molar-refractivity contribution in [1.82, 2.24) is 9.13 Å². The van der Waals surface area contributed by atoms with Crippen LogP contribution in [0, 0.1) is 11.6 Å². The van der Waals surface area contributed by atoms with Crippen molar-refractivity contribution in [3.05, 3.63) is 156 Å². The van der Waals surface area contributed by atoms with E-state index in [-0.39, 0.29) is 152 Å². The number of urea groups is 1. The van der Waals surface area contributed by atoms with E-state index in [0.717, 1.165) is 109 Å². The van der Waals surface area contributed by atoms with Crippen molar-refractivity contribution in [2.75, 3.05) is 31.9 Å². The molecule has 0 spiro atoms. The van der Waals surface area contributed by atoms with Crippen molar-refractivity contribution in [2.45, 2.75) is 19.6 Å². The van der Waals surface area contributed by atoms with Crippen LogP contribution in [0.2, 0.25) is 0 Å². The molecule has 0 saturated carbocycles. The second-order valence-corrected chi connectivity index (χ2v) is 22.0. The minimum atomic E-state index is -5.42. The molecule has 0 aliphatic rings. The predicted molar refractivity (Wildman–Crippen MR) is 268 cm³/mol. The van der Waals surface area contributed by atoms with Crippen LogP contribution in [0.1, 0.15) is 41.7 Å². The van der Waals surface area contributed by atoms with E-state index < -0.39 is 146 Å². The number of aromatic nitrogens is 2. The third-order valence-electron chi connectivity index (χ3n) is 11.4. The molecule has 25 nitrogen and oxygen atoms in total. The molecule has 6 N–H and O–H groups in total. The second-order valence-electron chi connectivity index (χ2n) is 16.6. The molecule has 404 valence electrons. The minimum Gasteiger partial charge on any atom is -0.744 e. The number of carbonyl (C=O) groups excluding carboxylic acids is 5. The number of hydrogen-bond acceptors (Lipinski definition) is 17. The van der Waals surface area contributed by atoms with Crippen molar-refractivity contribution in [3.8, 4) is 0 Å². The zero-order chi connectivity index (χ0) is 57.0. The Morgan fingerprint density at radius 2 is 0.756 bits per heavy atom. The number of carbonyl (C=O) groups is 5. The number of hydrogen-bond donors (Lipinski definition) is 6. The van der Waals surface area contributed by atoms with Gasteiger partial charge in [0.25, 0.3) is 23.6 Å². The number of aryl methyl sites for hydroxylation is 2. The van der Waals surface area contributed by atoms with Gasteiger partial charge in [-0.3, -0.25) is 19.2 Å². The van der Waals surface area contributed by atoms with Gasteiger partial charge in [0.1, 0.15) is 63.5 Å². The standard InChI is InChI=1S/C47H36F2N8O17S4.4Na/c1-56-21-25(19-37(56)45(60)52-33-15-11-27-29(41(33)77(69,70)71)5-3-7-39(27)75(63,64)65)50-43(58)23-9-13-31(48)35(17-23)54-47(62)55-36-18-24(10-14-32(36)49)44(59)51-26-20-38(57(2)22-26)46(61)53-34-16-12-28-30(42(34)78(72,73)74)6-4-8-40(28)76(66,67)68;;;;/h3-22H,1-2H3,(H,50,58)(H,51,59)(H,52,60)(H,53,61)(H2,54,55,62)(H,63,64,65)(H,66,67,68)(H,69,70,71)(H,72,73,74);;;;/q;4*+1/p-4. The van der Waals surface area contributed by atoms with Gasteiger partial charge in [0.05, 0.1) is 53.7 Å². The van der Waals surface area contributed by atoms with E-state index in [4.69, 9.17) is 0 Å². The summed E-state index contributed by atoms with van der Waals surface area (Å²) in [7, 11) is -18.4. The fraction of sp³-hybridized carbons (Fsp3) is 0.0426. The van der Waals surface area contributed by atoms with Gasteiger partial charge in [0, 0.05) is 59.2 Å². The first-order valence-corrected chi connectivity index (χ1v) is 27.2. The molecule has 2 heterocycles. The summed E-state index contributed by atoms with van der Waals surface area (Å²) in [5.74, 6) is -6.01. The fourth-order valence-electron chi connectivity index (χ4n) is 8.07. The largest absolute Gasteiger partial charge is 1.00 e. The molecule has 0 aliphatic heterocycles. The maximum atomic E-state index is 15.0. The first kappa shape index (κ1) is 69.5. The average molecular weight is 1240 g/mol. The van der Waals surface area contributed by atoms with E-state index in [9.17, 15) is 75.9 Å². The normalized spacial score (nSPS) is 11.4. The van der Waals surface area contributed by atoms with E-state index in [1.165, 1.54) is 35.6 Å². The van der Waals surface area contributed by atoms with Gasteiger partial charge < -0.3 is 59.2 Å². The third-order valence-corrected chi connectivity index (χ3v) is 15.1. The van der Waals surface area contributed by atoms with Crippen molar-refractivity contribution in [2.24, 2.45) is 14.1 Å². The summed E-state index contributed by atoms with van der Waals surface area (Å²) < 4.78 is 177. The molecule has 8 aromatic rings. The van der Waals surface area contributed by atoms with Gasteiger partial charge in [0.2, 0.25) is 0 Å². The monoisotopic (exact) mass is 1240 g/mol. The van der Waals surface area contributed by atoms with Crippen molar-refractivity contribution < 1.29 is 203 Å². The molecule has 0 bridgehead atoms. The molecule has 0 radical (unpaired) electrons. The van der Waals surface area contributed by atoms with E-state index >= 15 is 8.78 Å². The first-order valence-electron chi connectivity index (χ1n) is 21.6. The number of fused-ring (bicyclic) bond motifs is 2. The summed E-state index contributed by atoms with van der Waals surface area (Å²) in [6, 6.07) is 16.3. The van der Waals surface area contributed by atoms with Crippen LogP contribution in [0.4, 0.5) is 47.7 Å². The van der Waals surface area contributed by atoms with E-state index in [2.05, 4.69) is 31.9 Å². The number of anilines is 6. The van der Waals surface area contributed by atoms with Gasteiger partial charge in [-0.15, -0.1) is 0 Å². The Morgan fingerprint density at radius 3 is 1.09 bits per heavy atom. The van der Waals surface area contributed by atoms with Gasteiger partial charge in [-0.25, -0.2) is 47.2 Å². The molecule has 2 aromatic heterocycles. The van der Waals surface area contributed by atoms with E-state index in [0.29, 0.717) is 0 Å². The van der Waals surface area contributed by atoms with Crippen molar-refractivity contribution in [3.63, 3.8) is 0 Å². The Kier molecular flexibility index (Phi) is 22.9. The minimum absolute atomic E-state index is 0. The average Bonchev–Trinajstić information content (AvgIpc) is 3.49. The Labute approximate surface area is 552 Å². The molecule has 8 rings (SSSR count). The molecule has 0 fully saturated rings. The summed E-state index contributed by atoms with van der Waals surface area (Å²) >= 11 is 0. The molecular formula is C47H32F2N8Na4O17S4. The maximum absolute atomic E-state index is 15.0. The maximum Gasteiger partial charge on any atom is 1.00 e. The SMILES string of the molecule is Cn1cc(NC(=O)c2ccc(F)c(NC(=O)Nc3cc(C(=O)Nc4cc(C(=O)Nc5ccc6c(S(=O)(=O)[O-])cccc6c5S(=O)(=O)[O-])n(C)c4)ccc3F)c2)cc1C(=O)Nc1ccc2c(S(=O)(=O)[O-])cccc2c1S(=O)(=O)[O-].[Na+].[Na+].[Na+].[Na+]. The Morgan fingerprint density at radius 1 is 0.402 bits per heavy atom. The van der Waals surface area contributed by atoms with Crippen LogP contribution in [-0.4, -0.2) is 90.7 Å². The quantitative estimate of drug-likeness (QED) is 0.0435. The molecule has 0 saturated heterocycles. The van der Waals surface area contributed by atoms with Gasteiger partial charge in [-0.05, 0) is 72.8 Å². The summed E-state index contributed by atoms with van der Waals surface area (Å²) in [6.45, 7) is 0. The second kappa shape index (κ2) is 27.0. The predicted octanol–water partition coefficient (Wildman–Crippen LogP) is -6.77. The third kappa shape index (κ3) is 15.5. The summed E-state index contributed by atoms with van der Waals surface area (Å²) in [4.78, 5) is 62.9. The number of benzene rings is 6. The summed E-state index contributed by atoms with van der Waals surface area (Å²) in [5.41, 5.74) is -3.40. The van der Waals surface area contributed by atoms with Gasteiger partial charge in [0.15, 0.2) is 0 Å². The molecule has 0 unspecified atom stereocenters. The molecule has 0 atom stereocenters. The number of halogens is 2. The van der Waals surface area contributed by atoms with E-state index in [1.807, 2.05) is 0 Å². The Balaban J connectivity index is 0.00000361. The van der Waals surface area contributed by atoms with Crippen LogP contribution in [0.5, 0.6) is 0 Å². The van der Waals surface area contributed by atoms with Gasteiger partial charge in [-0.1, -0.05) is 36.4 Å². The molecule has 6 aromatic carbocycles. The van der Waals surface area contributed by atoms with E-state index in [1.54, 1.807) is 0 Å². The van der Waals surface area contributed by atoms with Gasteiger partial charge in [-0.2, -0.15) is 0 Å². The molecule has 6 amide bonds. The zero-order valence-electron chi connectivity index (χ0n) is 43.3. The molecule has 82 heavy (non-hydrogen) atoms. The number of rotatable bonds is 14. The topological polar surface area (TPSA) is 396 Å². The van der Waals surface area contributed by atoms with Crippen LogP contribution in [-0.2, 0) is 54.6 Å². The van der Waals surface area contributed by atoms with Crippen molar-refractivity contribution >= 4 is 126 Å². The Hall–Kier alpha value is -4.95. The van der Waals surface area contributed by atoms with Gasteiger partial charge >= 0.3 is 124 Å². The smallest absolute Gasteiger partial charge is 0.744 e. The first-order chi connectivity index (χ1) is 36.4. The molecule has 35 heteroatoms. The molecule has 0 aliphatic carbocycles. The van der Waals surface area contributed by atoms with Crippen LogP contribution in [0.15, 0.2) is 141 Å². The fourth-order valence-corrected chi connectivity index (χ4v) is 11.1. The summed E-state index contributed by atoms with van der Waals surface area (Å²) in [5, 5.41) is 11.9. The van der Waals surface area contributed by atoms with Crippen LogP contribution in [0.3, 0.4) is 0 Å². The number of nitrogens with one attached hydrogen (secondary N) is 6. The Bertz CT molecular complexity index is 4140. The van der Waals surface area contributed by atoms with Crippen LogP contribution < -0.4 is 150 Å². The molecular weight excluding hydrogens is 1210 g/mol. The number of amides is 6. The number of nitrogens with zero attached hydrogens (tertiary/aromatic N) is 2. The van der Waals surface area contributed by atoms with Crippen LogP contribution >= 0.6 is 0 Å². The van der Waals surface area contributed by atoms with Crippen LogP contribution in [0.25, 0.3) is 21.5 Å². The zero-order valence-corrected chi connectivity index (χ0v) is 54.5.